The Balaban J connectivity index is 1.88. The molecule has 6 nitrogen and oxygen atoms in total. The van der Waals surface area contributed by atoms with Crippen molar-refractivity contribution in [2.75, 3.05) is 0 Å². The van der Waals surface area contributed by atoms with Crippen molar-refractivity contribution in [1.82, 2.24) is 10.6 Å². The Morgan fingerprint density at radius 3 is 1.34 bits per heavy atom. The molecule has 0 atom stereocenters. The molecule has 7 rings (SSSR count). The summed E-state index contributed by atoms with van der Waals surface area (Å²) in [4.78, 5) is 49.7. The number of imide groups is 2. The van der Waals surface area contributed by atoms with E-state index in [1.54, 1.807) is 12.1 Å². The molecule has 0 radical (unpaired) electrons. The van der Waals surface area contributed by atoms with Crippen LogP contribution in [0.4, 0.5) is 8.78 Å². The normalized spacial score (nSPS) is 15.3. The summed E-state index contributed by atoms with van der Waals surface area (Å²) in [5.74, 6) is -4.25. The molecule has 5 aromatic rings. The number of carbonyl (C=O) groups excluding carboxylic acids is 4. The van der Waals surface area contributed by atoms with Crippen molar-refractivity contribution in [3.8, 4) is 0 Å². The zero-order chi connectivity index (χ0) is 22.0. The van der Waals surface area contributed by atoms with Crippen LogP contribution in [0.3, 0.4) is 0 Å². The van der Waals surface area contributed by atoms with Crippen molar-refractivity contribution in [1.29, 1.82) is 0 Å². The first-order valence-corrected chi connectivity index (χ1v) is 9.67. The molecule has 0 fully saturated rings. The summed E-state index contributed by atoms with van der Waals surface area (Å²) >= 11 is 0. The van der Waals surface area contributed by atoms with E-state index in [9.17, 15) is 19.2 Å². The Morgan fingerprint density at radius 2 is 0.875 bits per heavy atom. The first-order valence-electron chi connectivity index (χ1n) is 9.67. The summed E-state index contributed by atoms with van der Waals surface area (Å²) in [6.07, 6.45) is 0. The van der Waals surface area contributed by atoms with E-state index in [1.807, 2.05) is 0 Å². The zero-order valence-corrected chi connectivity index (χ0v) is 15.9. The average molecular weight is 426 g/mol. The molecule has 5 aromatic carbocycles. The smallest absolute Gasteiger partial charge is 0.258 e. The summed E-state index contributed by atoms with van der Waals surface area (Å²) in [5, 5.41) is 6.14. The highest BCUT2D eigenvalue weighted by Gasteiger charge is 2.33. The molecule has 2 aliphatic rings. The van der Waals surface area contributed by atoms with E-state index < -0.39 is 35.3 Å². The van der Waals surface area contributed by atoms with Gasteiger partial charge >= 0.3 is 0 Å². The molecule has 0 unspecified atom stereocenters. The molecular formula is C24H8F2N2O4. The second-order valence-corrected chi connectivity index (χ2v) is 7.95. The van der Waals surface area contributed by atoms with Crippen LogP contribution in [0.25, 0.3) is 43.1 Å². The van der Waals surface area contributed by atoms with E-state index in [-0.39, 0.29) is 43.8 Å². The van der Waals surface area contributed by atoms with Gasteiger partial charge < -0.3 is 0 Å². The van der Waals surface area contributed by atoms with Crippen molar-refractivity contribution in [3.63, 3.8) is 0 Å². The lowest BCUT2D eigenvalue weighted by Gasteiger charge is -2.24. The zero-order valence-electron chi connectivity index (χ0n) is 15.9. The molecular weight excluding hydrogens is 418 g/mol. The molecule has 0 saturated carbocycles. The molecule has 2 N–H and O–H groups in total. The maximum absolute atomic E-state index is 15.5. The minimum Gasteiger partial charge on any atom is -0.288 e. The van der Waals surface area contributed by atoms with Gasteiger partial charge in [-0.3, -0.25) is 29.8 Å². The second kappa shape index (κ2) is 5.23. The molecule has 2 heterocycles. The number of nitrogens with one attached hydrogen (secondary N) is 2. The van der Waals surface area contributed by atoms with Crippen molar-refractivity contribution in [2.24, 2.45) is 0 Å². The quantitative estimate of drug-likeness (QED) is 0.224. The van der Waals surface area contributed by atoms with Gasteiger partial charge in [0.25, 0.3) is 23.6 Å². The molecule has 0 spiro atoms. The van der Waals surface area contributed by atoms with E-state index in [1.165, 1.54) is 12.1 Å². The van der Waals surface area contributed by atoms with Crippen molar-refractivity contribution >= 4 is 66.7 Å². The molecule has 0 aliphatic carbocycles. The third-order valence-electron chi connectivity index (χ3n) is 6.44. The van der Waals surface area contributed by atoms with Gasteiger partial charge in [-0.1, -0.05) is 12.1 Å². The summed E-state index contributed by atoms with van der Waals surface area (Å²) in [6, 6.07) is 8.12. The van der Waals surface area contributed by atoms with Gasteiger partial charge in [0.2, 0.25) is 0 Å². The molecule has 32 heavy (non-hydrogen) atoms. The van der Waals surface area contributed by atoms with E-state index >= 15 is 8.78 Å². The van der Waals surface area contributed by atoms with Gasteiger partial charge in [-0.05, 0) is 40.4 Å². The van der Waals surface area contributed by atoms with Gasteiger partial charge in [0.1, 0.15) is 11.6 Å². The van der Waals surface area contributed by atoms with Gasteiger partial charge in [0, 0.05) is 38.1 Å². The predicted octanol–water partition coefficient (Wildman–Crippen LogP) is 3.78. The SMILES string of the molecule is O=C1NC(=O)c2ccc3c4c(F)cc5c6c(cc(F)c(c7ccc1c2c73)c64)C(=O)NC5=O. The second-order valence-electron chi connectivity index (χ2n) is 7.95. The molecule has 4 amide bonds. The maximum atomic E-state index is 15.5. The Hall–Kier alpha value is -4.46. The standard InChI is InChI=1S/C24H8F2N2O4/c25-13-5-11-17-12(24(32)28-23(11)31)6-14(26)19-8-2-4-10-16-9(21(29)27-22(10)30)3-1-7(15(8)16)18(13)20(17)19/h1-6H,(H,27,29,30)(H,28,31,32). The van der Waals surface area contributed by atoms with E-state index in [0.29, 0.717) is 21.5 Å². The van der Waals surface area contributed by atoms with Crippen LogP contribution in [0.5, 0.6) is 0 Å². The van der Waals surface area contributed by atoms with Gasteiger partial charge in [-0.2, -0.15) is 0 Å². The van der Waals surface area contributed by atoms with Crippen LogP contribution >= 0.6 is 0 Å². The molecule has 2 aliphatic heterocycles. The predicted molar refractivity (Wildman–Crippen MR) is 111 cm³/mol. The fourth-order valence-corrected chi connectivity index (χ4v) is 5.22. The fourth-order valence-electron chi connectivity index (χ4n) is 5.22. The fraction of sp³-hybridized carbons (Fsp3) is 0. The number of halogens is 2. The lowest BCUT2D eigenvalue weighted by atomic mass is 9.82. The van der Waals surface area contributed by atoms with Crippen LogP contribution in [0, 0.1) is 11.6 Å². The lowest BCUT2D eigenvalue weighted by Crippen LogP contribution is -2.35. The number of hydrogen-bond acceptors (Lipinski definition) is 4. The topological polar surface area (TPSA) is 92.3 Å². The molecule has 152 valence electrons. The Bertz CT molecular complexity index is 1700. The van der Waals surface area contributed by atoms with E-state index in [0.717, 1.165) is 12.1 Å². The lowest BCUT2D eigenvalue weighted by molar-refractivity contribution is 0.0828. The Labute approximate surface area is 176 Å². The number of carbonyl (C=O) groups is 4. The number of amides is 4. The van der Waals surface area contributed by atoms with Gasteiger partial charge in [0.05, 0.1) is 11.1 Å². The van der Waals surface area contributed by atoms with Crippen LogP contribution in [-0.4, -0.2) is 23.6 Å². The summed E-state index contributed by atoms with van der Waals surface area (Å²) in [7, 11) is 0. The monoisotopic (exact) mass is 426 g/mol. The number of rotatable bonds is 0. The van der Waals surface area contributed by atoms with Crippen LogP contribution in [0.2, 0.25) is 0 Å². The maximum Gasteiger partial charge on any atom is 0.258 e. The molecule has 0 bridgehead atoms. The van der Waals surface area contributed by atoms with E-state index in [2.05, 4.69) is 10.6 Å². The van der Waals surface area contributed by atoms with Gasteiger partial charge in [-0.15, -0.1) is 0 Å². The molecule has 8 heteroatoms. The highest BCUT2D eigenvalue weighted by molar-refractivity contribution is 6.41. The van der Waals surface area contributed by atoms with Crippen LogP contribution in [0.15, 0.2) is 36.4 Å². The van der Waals surface area contributed by atoms with Gasteiger partial charge in [0.15, 0.2) is 0 Å². The molecule has 0 saturated heterocycles. The minimum absolute atomic E-state index is 0.0247. The average Bonchev–Trinajstić information content (AvgIpc) is 2.75. The minimum atomic E-state index is -0.771. The Kier molecular flexibility index (Phi) is 2.82. The highest BCUT2D eigenvalue weighted by atomic mass is 19.1. The largest absolute Gasteiger partial charge is 0.288 e. The first-order chi connectivity index (χ1) is 15.4. The van der Waals surface area contributed by atoms with Crippen molar-refractivity contribution in [3.05, 3.63) is 70.3 Å². The highest BCUT2D eigenvalue weighted by Crippen LogP contribution is 2.46. The number of benzene rings is 5. The van der Waals surface area contributed by atoms with Crippen molar-refractivity contribution in [2.45, 2.75) is 0 Å². The summed E-state index contributed by atoms with van der Waals surface area (Å²) < 4.78 is 31.0. The Morgan fingerprint density at radius 1 is 0.469 bits per heavy atom. The third-order valence-corrected chi connectivity index (χ3v) is 6.44. The summed E-state index contributed by atoms with van der Waals surface area (Å²) in [5.41, 5.74) is 0.343. The van der Waals surface area contributed by atoms with Crippen LogP contribution in [0.1, 0.15) is 41.4 Å². The number of hydrogen-bond donors (Lipinski definition) is 2. The first kappa shape index (κ1) is 17.2. The number of fused-ring (bicyclic) bond motifs is 2. The van der Waals surface area contributed by atoms with Gasteiger partial charge in [-0.25, -0.2) is 8.78 Å². The van der Waals surface area contributed by atoms with Crippen molar-refractivity contribution < 1.29 is 28.0 Å². The van der Waals surface area contributed by atoms with Crippen LogP contribution < -0.4 is 10.6 Å². The molecule has 0 aromatic heterocycles. The third kappa shape index (κ3) is 1.76. The van der Waals surface area contributed by atoms with E-state index in [4.69, 9.17) is 0 Å². The summed E-state index contributed by atoms with van der Waals surface area (Å²) in [6.45, 7) is 0. The van der Waals surface area contributed by atoms with Crippen LogP contribution in [-0.2, 0) is 0 Å².